The number of carbonyl (C=O) groups is 1. The van der Waals surface area contributed by atoms with Crippen LogP contribution in [0.3, 0.4) is 0 Å². The number of ether oxygens (including phenoxy) is 4. The van der Waals surface area contributed by atoms with Gasteiger partial charge in [-0.15, -0.1) is 0 Å². The molecule has 1 saturated heterocycles. The van der Waals surface area contributed by atoms with E-state index in [1.54, 1.807) is 21.3 Å². The summed E-state index contributed by atoms with van der Waals surface area (Å²) in [5, 5.41) is 0. The highest BCUT2D eigenvalue weighted by Crippen LogP contribution is 2.29. The van der Waals surface area contributed by atoms with E-state index in [2.05, 4.69) is 6.07 Å². The molecule has 2 aromatic carbocycles. The molecule has 2 atom stereocenters. The van der Waals surface area contributed by atoms with Crippen molar-refractivity contribution in [1.29, 1.82) is 0 Å². The molecular formula is C26H35NO5. The Hall–Kier alpha value is -2.73. The summed E-state index contributed by atoms with van der Waals surface area (Å²) in [4.78, 5) is 15.2. The minimum absolute atomic E-state index is 0.0740. The summed E-state index contributed by atoms with van der Waals surface area (Å²) in [5.41, 5.74) is 2.18. The quantitative estimate of drug-likeness (QED) is 0.538. The maximum absolute atomic E-state index is 13.2. The summed E-state index contributed by atoms with van der Waals surface area (Å²) in [6.07, 6.45) is 4.54. The van der Waals surface area contributed by atoms with Gasteiger partial charge in [0.05, 0.1) is 27.9 Å². The van der Waals surface area contributed by atoms with Gasteiger partial charge in [-0.25, -0.2) is 0 Å². The van der Waals surface area contributed by atoms with Gasteiger partial charge >= 0.3 is 0 Å². The Morgan fingerprint density at radius 1 is 1.00 bits per heavy atom. The zero-order chi connectivity index (χ0) is 22.9. The molecule has 174 valence electrons. The number of methoxy groups -OCH3 is 3. The molecule has 0 radical (unpaired) electrons. The minimum atomic E-state index is -0.483. The number of hydrogen-bond donors (Lipinski definition) is 0. The zero-order valence-corrected chi connectivity index (χ0v) is 19.6. The van der Waals surface area contributed by atoms with Crippen molar-refractivity contribution in [1.82, 2.24) is 4.90 Å². The van der Waals surface area contributed by atoms with Crippen molar-refractivity contribution in [2.45, 2.75) is 57.8 Å². The lowest BCUT2D eigenvalue weighted by Crippen LogP contribution is -2.48. The third-order valence-electron chi connectivity index (χ3n) is 6.11. The fraction of sp³-hybridized carbons (Fsp3) is 0.500. The number of rotatable bonds is 10. The molecule has 1 aliphatic rings. The minimum Gasteiger partial charge on any atom is -0.497 e. The predicted molar refractivity (Wildman–Crippen MR) is 124 cm³/mol. The first-order chi connectivity index (χ1) is 15.5. The maximum Gasteiger partial charge on any atom is 0.251 e. The summed E-state index contributed by atoms with van der Waals surface area (Å²) in [6, 6.07) is 14.0. The largest absolute Gasteiger partial charge is 0.497 e. The molecule has 2 unspecified atom stereocenters. The molecule has 1 heterocycles. The third-order valence-corrected chi connectivity index (χ3v) is 6.11. The van der Waals surface area contributed by atoms with Crippen LogP contribution in [0.5, 0.6) is 17.2 Å². The van der Waals surface area contributed by atoms with Gasteiger partial charge in [-0.2, -0.15) is 0 Å². The predicted octanol–water partition coefficient (Wildman–Crippen LogP) is 4.63. The standard InChI is InChI=1S/C26H35NO5/c1-19(32-18-21-8-7-10-23(16-21)29-2)26(28)27-15-6-5-9-22(27)13-11-20-12-14-24(30-3)25(17-20)31-4/h7-8,10,12,14,16-17,19,22H,5-6,9,11,13,15,18H2,1-4H3. The first-order valence-electron chi connectivity index (χ1n) is 11.3. The Morgan fingerprint density at radius 3 is 2.56 bits per heavy atom. The molecule has 1 aliphatic heterocycles. The van der Waals surface area contributed by atoms with Crippen LogP contribution in [0.2, 0.25) is 0 Å². The molecule has 0 spiro atoms. The molecule has 32 heavy (non-hydrogen) atoms. The highest BCUT2D eigenvalue weighted by atomic mass is 16.5. The van der Waals surface area contributed by atoms with Crippen LogP contribution in [0.25, 0.3) is 0 Å². The first-order valence-corrected chi connectivity index (χ1v) is 11.3. The molecular weight excluding hydrogens is 406 g/mol. The van der Waals surface area contributed by atoms with Gasteiger partial charge in [-0.05, 0) is 74.4 Å². The van der Waals surface area contributed by atoms with E-state index < -0.39 is 6.10 Å². The van der Waals surface area contributed by atoms with Crippen molar-refractivity contribution in [3.8, 4) is 17.2 Å². The smallest absolute Gasteiger partial charge is 0.251 e. The lowest BCUT2D eigenvalue weighted by Gasteiger charge is -2.37. The van der Waals surface area contributed by atoms with Gasteiger partial charge in [0, 0.05) is 12.6 Å². The number of likely N-dealkylation sites (tertiary alicyclic amines) is 1. The Bertz CT molecular complexity index is 884. The van der Waals surface area contributed by atoms with Gasteiger partial charge in [-0.3, -0.25) is 4.79 Å². The molecule has 1 fully saturated rings. The summed E-state index contributed by atoms with van der Waals surface area (Å²) >= 11 is 0. The molecule has 0 saturated carbocycles. The van der Waals surface area contributed by atoms with Crippen LogP contribution in [0.1, 0.15) is 43.7 Å². The highest BCUT2D eigenvalue weighted by molar-refractivity contribution is 5.81. The maximum atomic E-state index is 13.2. The van der Waals surface area contributed by atoms with E-state index >= 15 is 0 Å². The van der Waals surface area contributed by atoms with E-state index in [0.717, 1.165) is 61.5 Å². The van der Waals surface area contributed by atoms with Crippen LogP contribution < -0.4 is 14.2 Å². The van der Waals surface area contributed by atoms with Crippen LogP contribution in [-0.4, -0.2) is 50.8 Å². The van der Waals surface area contributed by atoms with Crippen molar-refractivity contribution < 1.29 is 23.7 Å². The highest BCUT2D eigenvalue weighted by Gasteiger charge is 2.30. The van der Waals surface area contributed by atoms with Crippen LogP contribution in [-0.2, 0) is 22.6 Å². The van der Waals surface area contributed by atoms with Gasteiger partial charge in [0.2, 0.25) is 0 Å². The molecule has 0 bridgehead atoms. The van der Waals surface area contributed by atoms with E-state index in [-0.39, 0.29) is 11.9 Å². The Morgan fingerprint density at radius 2 is 1.81 bits per heavy atom. The summed E-state index contributed by atoms with van der Waals surface area (Å²) in [6.45, 7) is 3.03. The average molecular weight is 442 g/mol. The molecule has 0 aromatic heterocycles. The first kappa shape index (κ1) is 23.9. The number of nitrogens with zero attached hydrogens (tertiary/aromatic N) is 1. The Labute approximate surface area is 191 Å². The van der Waals surface area contributed by atoms with Gasteiger partial charge in [0.15, 0.2) is 11.5 Å². The van der Waals surface area contributed by atoms with Crippen molar-refractivity contribution in [3.05, 3.63) is 53.6 Å². The van der Waals surface area contributed by atoms with Gasteiger partial charge in [0.25, 0.3) is 5.91 Å². The second-order valence-corrected chi connectivity index (χ2v) is 8.21. The number of benzene rings is 2. The topological polar surface area (TPSA) is 57.2 Å². The number of hydrogen-bond acceptors (Lipinski definition) is 5. The van der Waals surface area contributed by atoms with Gasteiger partial charge in [0.1, 0.15) is 11.9 Å². The number of amides is 1. The third kappa shape index (κ3) is 6.16. The zero-order valence-electron chi connectivity index (χ0n) is 19.6. The summed E-state index contributed by atoms with van der Waals surface area (Å²) in [5.74, 6) is 2.33. The normalized spacial score (nSPS) is 17.0. The molecule has 2 aromatic rings. The fourth-order valence-corrected chi connectivity index (χ4v) is 4.25. The average Bonchev–Trinajstić information content (AvgIpc) is 2.85. The lowest BCUT2D eigenvalue weighted by molar-refractivity contribution is -0.147. The monoisotopic (exact) mass is 441 g/mol. The van der Waals surface area contributed by atoms with E-state index in [0.29, 0.717) is 6.61 Å². The van der Waals surface area contributed by atoms with Crippen molar-refractivity contribution in [2.24, 2.45) is 0 Å². The molecule has 3 rings (SSSR count). The second-order valence-electron chi connectivity index (χ2n) is 8.21. The molecule has 1 amide bonds. The van der Waals surface area contributed by atoms with Crippen molar-refractivity contribution >= 4 is 5.91 Å². The van der Waals surface area contributed by atoms with Gasteiger partial charge in [-0.1, -0.05) is 18.2 Å². The SMILES string of the molecule is COc1cccc(COC(C)C(=O)N2CCCCC2CCc2ccc(OC)c(OC)c2)c1. The Kier molecular flexibility index (Phi) is 8.80. The van der Waals surface area contributed by atoms with Crippen molar-refractivity contribution in [3.63, 3.8) is 0 Å². The number of piperidine rings is 1. The van der Waals surface area contributed by atoms with Crippen LogP contribution in [0.4, 0.5) is 0 Å². The van der Waals surface area contributed by atoms with E-state index in [9.17, 15) is 4.79 Å². The second kappa shape index (κ2) is 11.8. The van der Waals surface area contributed by atoms with Crippen LogP contribution >= 0.6 is 0 Å². The van der Waals surface area contributed by atoms with E-state index in [1.807, 2.05) is 48.2 Å². The summed E-state index contributed by atoms with van der Waals surface area (Å²) < 4.78 is 21.9. The Balaban J connectivity index is 1.58. The lowest BCUT2D eigenvalue weighted by atomic mass is 9.95. The van der Waals surface area contributed by atoms with E-state index in [4.69, 9.17) is 18.9 Å². The summed E-state index contributed by atoms with van der Waals surface area (Å²) in [7, 11) is 4.93. The van der Waals surface area contributed by atoms with Gasteiger partial charge < -0.3 is 23.8 Å². The molecule has 6 nitrogen and oxygen atoms in total. The molecule has 0 N–H and O–H groups in total. The molecule has 6 heteroatoms. The number of aryl methyl sites for hydroxylation is 1. The van der Waals surface area contributed by atoms with Crippen molar-refractivity contribution in [2.75, 3.05) is 27.9 Å². The van der Waals surface area contributed by atoms with Crippen LogP contribution in [0, 0.1) is 0 Å². The number of carbonyl (C=O) groups excluding carboxylic acids is 1. The molecule has 0 aliphatic carbocycles. The fourth-order valence-electron chi connectivity index (χ4n) is 4.25. The van der Waals surface area contributed by atoms with E-state index in [1.165, 1.54) is 5.56 Å². The van der Waals surface area contributed by atoms with Crippen LogP contribution in [0.15, 0.2) is 42.5 Å².